The Hall–Kier alpha value is -2.99. The van der Waals surface area contributed by atoms with Gasteiger partial charge in [0.05, 0.1) is 12.8 Å². The van der Waals surface area contributed by atoms with Gasteiger partial charge in [-0.2, -0.15) is 0 Å². The molecule has 0 fully saturated rings. The number of carbonyl (C=O) groups excluding carboxylic acids is 1. The molecule has 126 valence electrons. The maximum absolute atomic E-state index is 11.1. The van der Waals surface area contributed by atoms with Crippen LogP contribution in [-0.2, 0) is 4.79 Å². The quantitative estimate of drug-likeness (QED) is 0.687. The summed E-state index contributed by atoms with van der Waals surface area (Å²) in [5, 5.41) is 5.40. The average molecular weight is 351 g/mol. The molecule has 0 atom stereocenters. The largest absolute Gasteiger partial charge is 0.497 e. The first-order valence-corrected chi connectivity index (χ1v) is 8.54. The minimum Gasteiger partial charge on any atom is -0.497 e. The molecule has 0 unspecified atom stereocenters. The van der Waals surface area contributed by atoms with Gasteiger partial charge in [0.1, 0.15) is 5.75 Å². The second-order valence-electron chi connectivity index (χ2n) is 5.31. The van der Waals surface area contributed by atoms with Crippen molar-refractivity contribution in [1.29, 1.82) is 0 Å². The van der Waals surface area contributed by atoms with Crippen molar-refractivity contribution in [3.8, 4) is 17.0 Å². The molecule has 3 rings (SSSR count). The number of aromatic nitrogens is 1. The Balaban J connectivity index is 1.71. The molecule has 0 aliphatic carbocycles. The van der Waals surface area contributed by atoms with Crippen molar-refractivity contribution in [3.63, 3.8) is 0 Å². The summed E-state index contributed by atoms with van der Waals surface area (Å²) < 4.78 is 5.14. The highest BCUT2D eigenvalue weighted by atomic mass is 32.1. The lowest BCUT2D eigenvalue weighted by atomic mass is 10.1. The average Bonchev–Trinajstić information content (AvgIpc) is 3.09. The molecule has 0 bridgehead atoms. The third-order valence-corrected chi connectivity index (χ3v) is 4.18. The Kier molecular flexibility index (Phi) is 5.20. The number of aliphatic imine (C=N–C) groups is 1. The number of methoxy groups -OCH3 is 1. The zero-order chi connectivity index (χ0) is 17.6. The van der Waals surface area contributed by atoms with Crippen LogP contribution in [0.5, 0.6) is 5.75 Å². The molecule has 1 aromatic heterocycles. The van der Waals surface area contributed by atoms with E-state index in [2.05, 4.69) is 15.3 Å². The van der Waals surface area contributed by atoms with Gasteiger partial charge in [0, 0.05) is 29.8 Å². The van der Waals surface area contributed by atoms with Crippen LogP contribution in [0.1, 0.15) is 12.5 Å². The van der Waals surface area contributed by atoms with E-state index >= 15 is 0 Å². The highest BCUT2D eigenvalue weighted by molar-refractivity contribution is 7.13. The van der Waals surface area contributed by atoms with E-state index in [0.29, 0.717) is 5.13 Å². The van der Waals surface area contributed by atoms with E-state index in [9.17, 15) is 4.79 Å². The van der Waals surface area contributed by atoms with Crippen LogP contribution in [0.2, 0.25) is 0 Å². The third-order valence-electron chi connectivity index (χ3n) is 3.43. The zero-order valence-electron chi connectivity index (χ0n) is 13.9. The van der Waals surface area contributed by atoms with E-state index in [-0.39, 0.29) is 5.91 Å². The zero-order valence-corrected chi connectivity index (χ0v) is 14.7. The molecule has 1 heterocycles. The molecule has 0 saturated heterocycles. The minimum atomic E-state index is -0.0865. The van der Waals surface area contributed by atoms with Crippen molar-refractivity contribution < 1.29 is 9.53 Å². The Morgan fingerprint density at radius 3 is 2.52 bits per heavy atom. The van der Waals surface area contributed by atoms with Gasteiger partial charge in [-0.15, -0.1) is 11.3 Å². The van der Waals surface area contributed by atoms with Gasteiger partial charge in [-0.25, -0.2) is 9.98 Å². The number of anilines is 1. The molecule has 6 heteroatoms. The summed E-state index contributed by atoms with van der Waals surface area (Å²) >= 11 is 1.48. The number of rotatable bonds is 5. The summed E-state index contributed by atoms with van der Waals surface area (Å²) in [7, 11) is 1.64. The van der Waals surface area contributed by atoms with Crippen molar-refractivity contribution in [1.82, 2.24) is 4.98 Å². The van der Waals surface area contributed by atoms with E-state index in [1.165, 1.54) is 18.3 Å². The first-order valence-electron chi connectivity index (χ1n) is 7.66. The molecular weight excluding hydrogens is 334 g/mol. The maximum atomic E-state index is 11.1. The van der Waals surface area contributed by atoms with E-state index in [0.717, 1.165) is 28.3 Å². The molecule has 0 radical (unpaired) electrons. The van der Waals surface area contributed by atoms with Crippen LogP contribution in [0.4, 0.5) is 10.8 Å². The molecular formula is C19H17N3O2S. The SMILES string of the molecule is COc1ccc(/C=N/c2nc(-c3ccc(NC(C)=O)cc3)cs2)cc1. The van der Waals surface area contributed by atoms with Gasteiger partial charge < -0.3 is 10.1 Å². The fourth-order valence-corrected chi connectivity index (χ4v) is 2.87. The van der Waals surface area contributed by atoms with Crippen molar-refractivity contribution in [2.45, 2.75) is 6.92 Å². The Morgan fingerprint density at radius 2 is 1.88 bits per heavy atom. The molecule has 0 spiro atoms. The molecule has 0 saturated carbocycles. The summed E-state index contributed by atoms with van der Waals surface area (Å²) in [5.74, 6) is 0.730. The number of ether oxygens (including phenoxy) is 1. The first-order chi connectivity index (χ1) is 12.1. The summed E-state index contributed by atoms with van der Waals surface area (Å²) in [5.41, 5.74) is 3.60. The fourth-order valence-electron chi connectivity index (χ4n) is 2.20. The van der Waals surface area contributed by atoms with Gasteiger partial charge in [-0.1, -0.05) is 12.1 Å². The molecule has 0 aliphatic heterocycles. The van der Waals surface area contributed by atoms with Crippen LogP contribution in [0.25, 0.3) is 11.3 Å². The predicted molar refractivity (Wildman–Crippen MR) is 102 cm³/mol. The van der Waals surface area contributed by atoms with Crippen LogP contribution in [0.3, 0.4) is 0 Å². The molecule has 25 heavy (non-hydrogen) atoms. The highest BCUT2D eigenvalue weighted by Crippen LogP contribution is 2.27. The van der Waals surface area contributed by atoms with Crippen molar-refractivity contribution in [2.24, 2.45) is 4.99 Å². The number of carbonyl (C=O) groups is 1. The van der Waals surface area contributed by atoms with Gasteiger partial charge in [-0.3, -0.25) is 4.79 Å². The lowest BCUT2D eigenvalue weighted by Gasteiger charge is -2.02. The van der Waals surface area contributed by atoms with E-state index in [1.54, 1.807) is 13.3 Å². The monoisotopic (exact) mass is 351 g/mol. The fraction of sp³-hybridized carbons (Fsp3) is 0.105. The number of benzene rings is 2. The molecule has 2 aromatic carbocycles. The number of amides is 1. The molecule has 0 aliphatic rings. The summed E-state index contributed by atoms with van der Waals surface area (Å²) in [4.78, 5) is 20.0. The van der Waals surface area contributed by atoms with Crippen LogP contribution >= 0.6 is 11.3 Å². The molecule has 5 nitrogen and oxygen atoms in total. The number of hydrogen-bond donors (Lipinski definition) is 1. The summed E-state index contributed by atoms with van der Waals surface area (Å²) in [6.07, 6.45) is 1.78. The Labute approximate surface area is 150 Å². The second-order valence-corrected chi connectivity index (χ2v) is 6.14. The smallest absolute Gasteiger partial charge is 0.221 e. The maximum Gasteiger partial charge on any atom is 0.221 e. The Bertz CT molecular complexity index is 884. The van der Waals surface area contributed by atoms with Gasteiger partial charge in [-0.05, 0) is 42.0 Å². The standard InChI is InChI=1S/C19H17N3O2S/c1-13(23)21-16-7-5-15(6-8-16)18-12-25-19(22-18)20-11-14-3-9-17(24-2)10-4-14/h3-12H,1-2H3,(H,21,23)/b20-11+. The highest BCUT2D eigenvalue weighted by Gasteiger charge is 2.04. The van der Waals surface area contributed by atoms with E-state index in [4.69, 9.17) is 4.74 Å². The first kappa shape index (κ1) is 16.9. The molecule has 1 amide bonds. The van der Waals surface area contributed by atoms with E-state index in [1.807, 2.05) is 53.9 Å². The number of thiazole rings is 1. The summed E-state index contributed by atoms with van der Waals surface area (Å²) in [6, 6.07) is 15.2. The van der Waals surface area contributed by atoms with Crippen molar-refractivity contribution in [2.75, 3.05) is 12.4 Å². The van der Waals surface area contributed by atoms with Crippen molar-refractivity contribution >= 4 is 34.3 Å². The van der Waals surface area contributed by atoms with Crippen LogP contribution < -0.4 is 10.1 Å². The van der Waals surface area contributed by atoms with E-state index < -0.39 is 0 Å². The Morgan fingerprint density at radius 1 is 1.16 bits per heavy atom. The molecule has 1 N–H and O–H groups in total. The van der Waals surface area contributed by atoms with Crippen molar-refractivity contribution in [3.05, 3.63) is 59.5 Å². The number of nitrogens with zero attached hydrogens (tertiary/aromatic N) is 2. The minimum absolute atomic E-state index is 0.0865. The van der Waals surface area contributed by atoms with Gasteiger partial charge >= 0.3 is 0 Å². The van der Waals surface area contributed by atoms with Gasteiger partial charge in [0.15, 0.2) is 0 Å². The van der Waals surface area contributed by atoms with Gasteiger partial charge in [0.2, 0.25) is 11.0 Å². The number of nitrogens with one attached hydrogen (secondary N) is 1. The van der Waals surface area contributed by atoms with Crippen LogP contribution in [-0.4, -0.2) is 24.2 Å². The lowest BCUT2D eigenvalue weighted by Crippen LogP contribution is -2.05. The molecule has 3 aromatic rings. The second kappa shape index (κ2) is 7.72. The van der Waals surface area contributed by atoms with Crippen LogP contribution in [0, 0.1) is 0 Å². The number of hydrogen-bond acceptors (Lipinski definition) is 5. The van der Waals surface area contributed by atoms with Crippen LogP contribution in [0.15, 0.2) is 58.9 Å². The topological polar surface area (TPSA) is 63.6 Å². The third kappa shape index (κ3) is 4.51. The summed E-state index contributed by atoms with van der Waals surface area (Å²) in [6.45, 7) is 1.49. The van der Waals surface area contributed by atoms with Gasteiger partial charge in [0.25, 0.3) is 0 Å². The normalized spacial score (nSPS) is 10.8. The predicted octanol–water partition coefficient (Wildman–Crippen LogP) is 4.53. The lowest BCUT2D eigenvalue weighted by molar-refractivity contribution is -0.114.